The first-order chi connectivity index (χ1) is 8.06. The summed E-state index contributed by atoms with van der Waals surface area (Å²) in [7, 11) is 0. The Morgan fingerprint density at radius 1 is 1.35 bits per heavy atom. The molecule has 1 aromatic rings. The van der Waals surface area contributed by atoms with Gasteiger partial charge >= 0.3 is 0 Å². The minimum Gasteiger partial charge on any atom is -0.505 e. The van der Waals surface area contributed by atoms with E-state index in [4.69, 9.17) is 0 Å². The van der Waals surface area contributed by atoms with E-state index in [1.807, 2.05) is 30.3 Å². The number of nitro groups is 1. The smallest absolute Gasteiger partial charge is 0.285 e. The fraction of sp³-hybridized carbons (Fsp3) is 0.231. The molecule has 0 radical (unpaired) electrons. The largest absolute Gasteiger partial charge is 0.505 e. The minimum absolute atomic E-state index is 0.209. The van der Waals surface area contributed by atoms with Crippen molar-refractivity contribution in [3.63, 3.8) is 0 Å². The lowest BCUT2D eigenvalue weighted by Gasteiger charge is -2.29. The third-order valence-electron chi connectivity index (χ3n) is 3.22. The summed E-state index contributed by atoms with van der Waals surface area (Å²) >= 11 is 0. The Balaban J connectivity index is 2.51. The van der Waals surface area contributed by atoms with Gasteiger partial charge in [-0.2, -0.15) is 0 Å². The molecule has 4 heteroatoms. The van der Waals surface area contributed by atoms with Crippen molar-refractivity contribution in [1.29, 1.82) is 0 Å². The van der Waals surface area contributed by atoms with Crippen LogP contribution >= 0.6 is 0 Å². The average molecular weight is 231 g/mol. The molecule has 0 saturated heterocycles. The third-order valence-corrected chi connectivity index (χ3v) is 3.22. The van der Waals surface area contributed by atoms with Crippen LogP contribution in [-0.4, -0.2) is 15.6 Å². The van der Waals surface area contributed by atoms with Gasteiger partial charge in [0.05, 0.1) is 5.92 Å². The highest BCUT2D eigenvalue weighted by Gasteiger charge is 2.50. The fourth-order valence-corrected chi connectivity index (χ4v) is 2.08. The molecule has 0 saturated carbocycles. The molecule has 2 unspecified atom stereocenters. The number of allylic oxidation sites excluding steroid dienone is 2. The lowest BCUT2D eigenvalue weighted by molar-refractivity contribution is -0.561. The molecule has 0 fully saturated rings. The molecule has 1 N–H and O–H groups in total. The molecular formula is C13H13NO3. The first-order valence-corrected chi connectivity index (χ1v) is 5.34. The van der Waals surface area contributed by atoms with Gasteiger partial charge in [0.15, 0.2) is 5.76 Å². The van der Waals surface area contributed by atoms with E-state index in [1.165, 1.54) is 13.0 Å². The summed E-state index contributed by atoms with van der Waals surface area (Å²) in [6.45, 7) is 1.44. The summed E-state index contributed by atoms with van der Waals surface area (Å²) in [6, 6.07) is 9.18. The Morgan fingerprint density at radius 3 is 2.59 bits per heavy atom. The topological polar surface area (TPSA) is 63.4 Å². The van der Waals surface area contributed by atoms with Crippen molar-refractivity contribution in [1.82, 2.24) is 0 Å². The van der Waals surface area contributed by atoms with Crippen LogP contribution in [0.2, 0.25) is 0 Å². The number of aliphatic hydroxyl groups excluding tert-OH is 1. The molecule has 17 heavy (non-hydrogen) atoms. The standard InChI is InChI=1S/C13H13NO3/c1-13(14(16)17)11(8-5-9-12(13)15)10-6-3-2-4-7-10/h2-9,11,15H,1H3. The fourth-order valence-electron chi connectivity index (χ4n) is 2.08. The maximum atomic E-state index is 11.2. The van der Waals surface area contributed by atoms with Crippen LogP contribution in [0.25, 0.3) is 0 Å². The van der Waals surface area contributed by atoms with Crippen molar-refractivity contribution in [3.8, 4) is 0 Å². The lowest BCUT2D eigenvalue weighted by atomic mass is 9.77. The highest BCUT2D eigenvalue weighted by molar-refractivity contribution is 5.36. The molecule has 0 aromatic heterocycles. The zero-order valence-electron chi connectivity index (χ0n) is 9.41. The zero-order chi connectivity index (χ0) is 12.5. The second-order valence-corrected chi connectivity index (χ2v) is 4.23. The van der Waals surface area contributed by atoms with Crippen molar-refractivity contribution in [2.75, 3.05) is 0 Å². The average Bonchev–Trinajstić information content (AvgIpc) is 2.33. The van der Waals surface area contributed by atoms with Crippen molar-refractivity contribution in [2.45, 2.75) is 18.4 Å². The van der Waals surface area contributed by atoms with Gasteiger partial charge in [-0.1, -0.05) is 42.5 Å². The number of rotatable bonds is 2. The molecule has 0 bridgehead atoms. The van der Waals surface area contributed by atoms with E-state index in [9.17, 15) is 15.2 Å². The van der Waals surface area contributed by atoms with Gasteiger partial charge in [0, 0.05) is 11.8 Å². The summed E-state index contributed by atoms with van der Waals surface area (Å²) in [4.78, 5) is 10.8. The molecule has 4 nitrogen and oxygen atoms in total. The van der Waals surface area contributed by atoms with Crippen molar-refractivity contribution < 1.29 is 10.0 Å². The predicted molar refractivity (Wildman–Crippen MR) is 64.4 cm³/mol. The van der Waals surface area contributed by atoms with Gasteiger partial charge in [-0.3, -0.25) is 10.1 Å². The van der Waals surface area contributed by atoms with Crippen LogP contribution < -0.4 is 0 Å². The van der Waals surface area contributed by atoms with Gasteiger partial charge < -0.3 is 5.11 Å². The molecule has 0 amide bonds. The first kappa shape index (κ1) is 11.4. The molecule has 1 aliphatic rings. The number of benzene rings is 1. The van der Waals surface area contributed by atoms with E-state index in [1.54, 1.807) is 12.2 Å². The van der Waals surface area contributed by atoms with E-state index in [-0.39, 0.29) is 5.76 Å². The maximum absolute atomic E-state index is 11.2. The maximum Gasteiger partial charge on any atom is 0.285 e. The second-order valence-electron chi connectivity index (χ2n) is 4.23. The number of nitrogens with zero attached hydrogens (tertiary/aromatic N) is 1. The van der Waals surface area contributed by atoms with Crippen LogP contribution in [0, 0.1) is 10.1 Å². The van der Waals surface area contributed by atoms with Gasteiger partial charge in [0.1, 0.15) is 0 Å². The van der Waals surface area contributed by atoms with Crippen LogP contribution in [0.5, 0.6) is 0 Å². The van der Waals surface area contributed by atoms with Crippen LogP contribution in [0.3, 0.4) is 0 Å². The molecule has 1 aliphatic carbocycles. The van der Waals surface area contributed by atoms with Crippen molar-refractivity contribution in [3.05, 3.63) is 70.0 Å². The Kier molecular flexibility index (Phi) is 2.71. The summed E-state index contributed by atoms with van der Waals surface area (Å²) in [5.74, 6) is -0.664. The lowest BCUT2D eigenvalue weighted by Crippen LogP contribution is -2.43. The molecule has 0 spiro atoms. The van der Waals surface area contributed by atoms with E-state index >= 15 is 0 Å². The Morgan fingerprint density at radius 2 is 2.00 bits per heavy atom. The summed E-state index contributed by atoms with van der Waals surface area (Å²) in [6.07, 6.45) is 4.78. The Labute approximate surface area is 99.0 Å². The Hall–Kier alpha value is -2.10. The normalized spacial score (nSPS) is 27.6. The summed E-state index contributed by atoms with van der Waals surface area (Å²) in [5, 5.41) is 21.0. The van der Waals surface area contributed by atoms with Gasteiger partial charge in [0.25, 0.3) is 5.54 Å². The molecule has 2 rings (SSSR count). The highest BCUT2D eigenvalue weighted by Crippen LogP contribution is 2.39. The van der Waals surface area contributed by atoms with Crippen molar-refractivity contribution in [2.24, 2.45) is 0 Å². The predicted octanol–water partition coefficient (Wildman–Crippen LogP) is 2.82. The third kappa shape index (κ3) is 1.71. The van der Waals surface area contributed by atoms with E-state index < -0.39 is 16.4 Å². The summed E-state index contributed by atoms with van der Waals surface area (Å²) in [5.41, 5.74) is -0.668. The summed E-state index contributed by atoms with van der Waals surface area (Å²) < 4.78 is 0. The second kappa shape index (κ2) is 4.05. The van der Waals surface area contributed by atoms with E-state index in [0.717, 1.165) is 5.56 Å². The SMILES string of the molecule is CC1([N+](=O)[O-])C(O)=CC=CC1c1ccccc1. The quantitative estimate of drug-likeness (QED) is 0.628. The number of hydrogen-bond donors (Lipinski definition) is 1. The van der Waals surface area contributed by atoms with E-state index in [0.29, 0.717) is 0 Å². The van der Waals surface area contributed by atoms with Crippen LogP contribution in [0.4, 0.5) is 0 Å². The number of aliphatic hydroxyl groups is 1. The van der Waals surface area contributed by atoms with Gasteiger partial charge in [-0.25, -0.2) is 0 Å². The van der Waals surface area contributed by atoms with Gasteiger partial charge in [-0.05, 0) is 11.6 Å². The molecule has 0 aliphatic heterocycles. The molecule has 0 heterocycles. The van der Waals surface area contributed by atoms with Crippen LogP contribution in [0.15, 0.2) is 54.3 Å². The molecule has 2 atom stereocenters. The number of hydrogen-bond acceptors (Lipinski definition) is 3. The van der Waals surface area contributed by atoms with Crippen LogP contribution in [0.1, 0.15) is 18.4 Å². The zero-order valence-corrected chi connectivity index (χ0v) is 9.41. The first-order valence-electron chi connectivity index (χ1n) is 5.34. The van der Waals surface area contributed by atoms with Crippen molar-refractivity contribution >= 4 is 0 Å². The molecular weight excluding hydrogens is 218 g/mol. The van der Waals surface area contributed by atoms with Crippen LogP contribution in [-0.2, 0) is 0 Å². The highest BCUT2D eigenvalue weighted by atomic mass is 16.6. The van der Waals surface area contributed by atoms with E-state index in [2.05, 4.69) is 0 Å². The minimum atomic E-state index is -1.49. The monoisotopic (exact) mass is 231 g/mol. The molecule has 1 aromatic carbocycles. The molecule has 88 valence electrons. The van der Waals surface area contributed by atoms with Gasteiger partial charge in [0.2, 0.25) is 0 Å². The van der Waals surface area contributed by atoms with Gasteiger partial charge in [-0.15, -0.1) is 0 Å². The Bertz CT molecular complexity index is 493.